The second-order valence-electron chi connectivity index (χ2n) is 16.7. The van der Waals surface area contributed by atoms with E-state index in [9.17, 15) is 29.7 Å². The number of phenolic OH excluding ortho intramolecular Hbond substituents is 2. The number of carboxylic acid groups (broad SMARTS) is 1. The standard InChI is InChI=1S/C39H52O7/c1-23-13-18-38(34(44)45)19-20-39(22-46-32(43)12-8-25-7-10-27(40)28(41)21-25)26(33(38)24(23)2)9-11-30-36(5)16-15-31(42)35(3,4)29(36)14-17-37(30,39)6/h7-10,12,21,23-24,29-30,33,40-41H,11,13-20,22H2,1-6H3,(H,44,45)/t23-,24+,29+,30-,33+,36+,37-,38+,39+/m1/s1. The monoisotopic (exact) mass is 632 g/mol. The van der Waals surface area contributed by atoms with Crippen LogP contribution in [0.4, 0.5) is 0 Å². The van der Waals surface area contributed by atoms with E-state index >= 15 is 0 Å². The number of hydrogen-bond acceptors (Lipinski definition) is 6. The molecule has 7 nitrogen and oxygen atoms in total. The molecule has 46 heavy (non-hydrogen) atoms. The van der Waals surface area contributed by atoms with Gasteiger partial charge in [0.05, 0.1) is 5.41 Å². The van der Waals surface area contributed by atoms with Crippen LogP contribution in [0.1, 0.15) is 105 Å². The number of rotatable bonds is 5. The lowest BCUT2D eigenvalue weighted by atomic mass is 9.33. The van der Waals surface area contributed by atoms with Crippen LogP contribution in [0.5, 0.6) is 11.5 Å². The number of ketones is 1. The topological polar surface area (TPSA) is 121 Å². The molecule has 6 rings (SSSR count). The first kappa shape index (κ1) is 32.8. The average molecular weight is 633 g/mol. The smallest absolute Gasteiger partial charge is 0.330 e. The molecule has 0 bridgehead atoms. The number of Topliss-reactive ketones (excluding diaryl/α,β-unsaturated/α-hetero) is 1. The number of aliphatic carboxylic acids is 1. The normalized spacial score (nSPS) is 41.4. The van der Waals surface area contributed by atoms with Gasteiger partial charge in [-0.2, -0.15) is 0 Å². The maximum atomic E-state index is 13.4. The molecule has 0 aliphatic heterocycles. The minimum Gasteiger partial charge on any atom is -0.504 e. The number of aromatic hydroxyl groups is 2. The minimum atomic E-state index is -0.810. The summed E-state index contributed by atoms with van der Waals surface area (Å²) < 4.78 is 6.21. The van der Waals surface area contributed by atoms with Crippen molar-refractivity contribution in [3.8, 4) is 11.5 Å². The molecule has 5 aliphatic carbocycles. The fraction of sp³-hybridized carbons (Fsp3) is 0.667. The highest BCUT2D eigenvalue weighted by molar-refractivity contribution is 5.87. The average Bonchev–Trinajstić information content (AvgIpc) is 3.00. The van der Waals surface area contributed by atoms with Crippen molar-refractivity contribution in [3.05, 3.63) is 41.5 Å². The molecule has 0 unspecified atom stereocenters. The number of benzene rings is 1. The van der Waals surface area contributed by atoms with Crippen molar-refractivity contribution in [2.24, 2.45) is 56.7 Å². The maximum Gasteiger partial charge on any atom is 0.330 e. The largest absolute Gasteiger partial charge is 0.504 e. The predicted octanol–water partition coefficient (Wildman–Crippen LogP) is 7.95. The number of ether oxygens (including phenoxy) is 1. The van der Waals surface area contributed by atoms with Gasteiger partial charge in [0, 0.05) is 23.3 Å². The van der Waals surface area contributed by atoms with Crippen molar-refractivity contribution < 1.29 is 34.4 Å². The van der Waals surface area contributed by atoms with Gasteiger partial charge >= 0.3 is 11.9 Å². The third kappa shape index (κ3) is 4.53. The van der Waals surface area contributed by atoms with Crippen molar-refractivity contribution in [2.75, 3.05) is 6.61 Å². The molecule has 9 atom stereocenters. The first-order valence-corrected chi connectivity index (χ1v) is 17.4. The molecule has 3 N–H and O–H groups in total. The summed E-state index contributed by atoms with van der Waals surface area (Å²) in [7, 11) is 0. The molecule has 0 heterocycles. The summed E-state index contributed by atoms with van der Waals surface area (Å²) in [6, 6.07) is 4.37. The zero-order chi connectivity index (χ0) is 33.4. The summed E-state index contributed by atoms with van der Waals surface area (Å²) in [5.74, 6) is -0.310. The van der Waals surface area contributed by atoms with Gasteiger partial charge in [-0.1, -0.05) is 59.3 Å². The summed E-state index contributed by atoms with van der Waals surface area (Å²) in [5.41, 5.74) is -0.240. The van der Waals surface area contributed by atoms with E-state index in [1.807, 2.05) is 0 Å². The molecule has 1 aromatic carbocycles. The Balaban J connectivity index is 1.42. The van der Waals surface area contributed by atoms with Crippen molar-refractivity contribution in [3.63, 3.8) is 0 Å². The first-order chi connectivity index (χ1) is 21.5. The third-order valence-corrected chi connectivity index (χ3v) is 14.7. The van der Waals surface area contributed by atoms with Crippen LogP contribution >= 0.6 is 0 Å². The van der Waals surface area contributed by atoms with E-state index in [-0.39, 0.29) is 58.0 Å². The summed E-state index contributed by atoms with van der Waals surface area (Å²) in [4.78, 5) is 39.7. The second-order valence-corrected chi connectivity index (χ2v) is 16.7. The molecule has 0 saturated heterocycles. The Morgan fingerprint density at radius 2 is 1.70 bits per heavy atom. The van der Waals surface area contributed by atoms with Crippen LogP contribution < -0.4 is 0 Å². The van der Waals surface area contributed by atoms with Crippen molar-refractivity contribution >= 4 is 23.8 Å². The van der Waals surface area contributed by atoms with Gasteiger partial charge in [0.2, 0.25) is 0 Å². The van der Waals surface area contributed by atoms with Crippen LogP contribution in [-0.2, 0) is 19.1 Å². The van der Waals surface area contributed by atoms with Gasteiger partial charge in [-0.15, -0.1) is 0 Å². The van der Waals surface area contributed by atoms with Gasteiger partial charge < -0.3 is 20.1 Å². The first-order valence-electron chi connectivity index (χ1n) is 17.4. The van der Waals surface area contributed by atoms with Gasteiger partial charge in [-0.05, 0) is 116 Å². The van der Waals surface area contributed by atoms with E-state index in [1.165, 1.54) is 23.8 Å². The highest BCUT2D eigenvalue weighted by Gasteiger charge is 2.71. The maximum absolute atomic E-state index is 13.4. The van der Waals surface area contributed by atoms with Crippen molar-refractivity contribution in [2.45, 2.75) is 99.3 Å². The Morgan fingerprint density at radius 3 is 2.39 bits per heavy atom. The Hall–Kier alpha value is -3.09. The number of phenols is 2. The lowest BCUT2D eigenvalue weighted by molar-refractivity contribution is -0.204. The number of allylic oxidation sites excluding steroid dienone is 1. The molecule has 0 radical (unpaired) electrons. The summed E-state index contributed by atoms with van der Waals surface area (Å²) in [5, 5.41) is 30.4. The molecule has 4 saturated carbocycles. The summed E-state index contributed by atoms with van der Waals surface area (Å²) >= 11 is 0. The van der Waals surface area contributed by atoms with Gasteiger partial charge in [0.25, 0.3) is 0 Å². The lowest BCUT2D eigenvalue weighted by Gasteiger charge is -2.71. The minimum absolute atomic E-state index is 0.0585. The Bertz CT molecular complexity index is 1510. The van der Waals surface area contributed by atoms with Crippen LogP contribution in [0, 0.1) is 56.7 Å². The molecule has 250 valence electrons. The number of carboxylic acids is 1. The Morgan fingerprint density at radius 1 is 0.957 bits per heavy atom. The number of esters is 1. The molecule has 4 fully saturated rings. The van der Waals surface area contributed by atoms with Gasteiger partial charge in [-0.3, -0.25) is 9.59 Å². The Labute approximate surface area is 273 Å². The van der Waals surface area contributed by atoms with Crippen molar-refractivity contribution in [1.29, 1.82) is 0 Å². The molecule has 5 aliphatic rings. The SMILES string of the molecule is C[C@H]1[C@H](C)CC[C@]2(C(=O)O)CC[C@]3(COC(=O)C=Cc4ccc(O)c(O)c4)C(=CC[C@@H]4[C@@]5(C)CCC(=O)C(C)(C)[C@@H]5CC[C@]43C)[C@H]12. The molecule has 0 amide bonds. The number of hydrogen-bond donors (Lipinski definition) is 3. The number of carbonyl (C=O) groups is 3. The van der Waals surface area contributed by atoms with E-state index < -0.39 is 22.8 Å². The molecular weight excluding hydrogens is 580 g/mol. The second kappa shape index (κ2) is 11.0. The fourth-order valence-corrected chi connectivity index (χ4v) is 11.8. The molecule has 0 spiro atoms. The molecule has 1 aromatic rings. The van der Waals surface area contributed by atoms with Crippen molar-refractivity contribution in [1.82, 2.24) is 0 Å². The third-order valence-electron chi connectivity index (χ3n) is 14.7. The molecule has 7 heteroatoms. The van der Waals surface area contributed by atoms with Crippen LogP contribution in [-0.4, -0.2) is 39.6 Å². The van der Waals surface area contributed by atoms with E-state index in [0.717, 1.165) is 32.1 Å². The van der Waals surface area contributed by atoms with Crippen LogP contribution in [0.3, 0.4) is 0 Å². The van der Waals surface area contributed by atoms with Gasteiger partial charge in [-0.25, -0.2) is 4.79 Å². The molecule has 0 aromatic heterocycles. The van der Waals surface area contributed by atoms with E-state index in [0.29, 0.717) is 42.9 Å². The Kier molecular flexibility index (Phi) is 7.84. The summed E-state index contributed by atoms with van der Waals surface area (Å²) in [6.45, 7) is 13.7. The quantitative estimate of drug-likeness (QED) is 0.130. The fourth-order valence-electron chi connectivity index (χ4n) is 11.8. The van der Waals surface area contributed by atoms with Crippen LogP contribution in [0.15, 0.2) is 35.9 Å². The number of fused-ring (bicyclic) bond motifs is 7. The highest BCUT2D eigenvalue weighted by atomic mass is 16.5. The zero-order valence-corrected chi connectivity index (χ0v) is 28.4. The predicted molar refractivity (Wildman–Crippen MR) is 176 cm³/mol. The van der Waals surface area contributed by atoms with E-state index in [4.69, 9.17) is 4.74 Å². The van der Waals surface area contributed by atoms with Crippen LogP contribution in [0.2, 0.25) is 0 Å². The van der Waals surface area contributed by atoms with Crippen LogP contribution in [0.25, 0.3) is 6.08 Å². The van der Waals surface area contributed by atoms with Gasteiger partial charge in [0.1, 0.15) is 12.4 Å². The van der Waals surface area contributed by atoms with E-state index in [1.54, 1.807) is 12.1 Å². The van der Waals surface area contributed by atoms with E-state index in [2.05, 4.69) is 47.6 Å². The summed E-state index contributed by atoms with van der Waals surface area (Å²) in [6.07, 6.45) is 12.2. The molecular formula is C39H52O7. The van der Waals surface area contributed by atoms with Gasteiger partial charge in [0.15, 0.2) is 11.5 Å². The lowest BCUT2D eigenvalue weighted by Crippen LogP contribution is -2.66. The highest BCUT2D eigenvalue weighted by Crippen LogP contribution is 2.75. The zero-order valence-electron chi connectivity index (χ0n) is 28.4. The number of carbonyl (C=O) groups excluding carboxylic acids is 2.